The third-order valence-corrected chi connectivity index (χ3v) is 2.33. The second kappa shape index (κ2) is 4.71. The van der Waals surface area contributed by atoms with Crippen molar-refractivity contribution in [1.82, 2.24) is 0 Å². The van der Waals surface area contributed by atoms with Gasteiger partial charge in [-0.15, -0.1) is 0 Å². The highest BCUT2D eigenvalue weighted by atomic mass is 16.3. The first-order valence-corrected chi connectivity index (χ1v) is 5.01. The van der Waals surface area contributed by atoms with Gasteiger partial charge >= 0.3 is 0 Å². The van der Waals surface area contributed by atoms with Crippen LogP contribution in [0.4, 0.5) is 0 Å². The molecule has 0 unspecified atom stereocenters. The van der Waals surface area contributed by atoms with Crippen molar-refractivity contribution >= 4 is 0 Å². The van der Waals surface area contributed by atoms with E-state index in [9.17, 15) is 0 Å². The topological polar surface area (TPSA) is 24.1 Å². The van der Waals surface area contributed by atoms with E-state index in [0.29, 0.717) is 0 Å². The molecule has 0 spiro atoms. The molecule has 2 aromatic rings. The Kier molecular flexibility index (Phi) is 3.10. The smallest absolute Gasteiger partial charge is 0.250 e. The molecule has 1 aromatic carbocycles. The van der Waals surface area contributed by atoms with Crippen LogP contribution in [0.15, 0.2) is 54.9 Å². The normalized spacial score (nSPS) is 10.2. The molecule has 0 radical (unpaired) electrons. The molecule has 2 heteroatoms. The third kappa shape index (κ3) is 2.64. The molecule has 0 aliphatic carbocycles. The van der Waals surface area contributed by atoms with Gasteiger partial charge in [0.05, 0.1) is 0 Å². The Bertz CT molecular complexity index is 426. The van der Waals surface area contributed by atoms with Crippen molar-refractivity contribution in [3.05, 3.63) is 66.0 Å². The van der Waals surface area contributed by atoms with E-state index >= 15 is 0 Å². The summed E-state index contributed by atoms with van der Waals surface area (Å²) in [4.78, 5) is 0. The fourth-order valence-corrected chi connectivity index (χ4v) is 1.60. The minimum atomic E-state index is 0.0304. The Morgan fingerprint density at radius 1 is 0.933 bits per heavy atom. The van der Waals surface area contributed by atoms with Crippen molar-refractivity contribution < 1.29 is 9.67 Å². The SMILES string of the molecule is OC[n+]1cccc(Cc2ccccc2)c1. The molecule has 0 aliphatic rings. The second-order valence-corrected chi connectivity index (χ2v) is 3.53. The number of aliphatic hydroxyl groups excluding tert-OH is 1. The number of aliphatic hydroxyl groups is 1. The summed E-state index contributed by atoms with van der Waals surface area (Å²) < 4.78 is 1.76. The number of pyridine rings is 1. The van der Waals surface area contributed by atoms with Gasteiger partial charge in [-0.05, 0) is 11.6 Å². The molecule has 1 heterocycles. The van der Waals surface area contributed by atoms with Crippen molar-refractivity contribution in [1.29, 1.82) is 0 Å². The van der Waals surface area contributed by atoms with Crippen LogP contribution in [-0.4, -0.2) is 5.11 Å². The van der Waals surface area contributed by atoms with Gasteiger partial charge in [0.25, 0.3) is 0 Å². The lowest BCUT2D eigenvalue weighted by Gasteiger charge is -2.00. The molecule has 0 atom stereocenters. The highest BCUT2D eigenvalue weighted by Gasteiger charge is 2.01. The number of hydrogen-bond acceptors (Lipinski definition) is 1. The van der Waals surface area contributed by atoms with Gasteiger partial charge in [-0.1, -0.05) is 30.3 Å². The molecule has 2 rings (SSSR count). The average molecular weight is 200 g/mol. The minimum absolute atomic E-state index is 0.0304. The third-order valence-electron chi connectivity index (χ3n) is 2.33. The molecular formula is C13H14NO+. The molecule has 0 bridgehead atoms. The van der Waals surface area contributed by atoms with Crippen LogP contribution in [0, 0.1) is 0 Å². The van der Waals surface area contributed by atoms with Crippen molar-refractivity contribution in [3.8, 4) is 0 Å². The standard InChI is InChI=1S/C13H14NO/c15-11-14-8-4-7-13(10-14)9-12-5-2-1-3-6-12/h1-8,10,15H,9,11H2/q+1. The summed E-state index contributed by atoms with van der Waals surface area (Å²) in [5.74, 6) is 0. The lowest BCUT2D eigenvalue weighted by atomic mass is 10.1. The monoisotopic (exact) mass is 200 g/mol. The molecule has 0 fully saturated rings. The summed E-state index contributed by atoms with van der Waals surface area (Å²) in [5.41, 5.74) is 2.49. The molecule has 15 heavy (non-hydrogen) atoms. The highest BCUT2D eigenvalue weighted by Crippen LogP contribution is 2.06. The number of hydrogen-bond donors (Lipinski definition) is 1. The summed E-state index contributed by atoms with van der Waals surface area (Å²) in [6.45, 7) is 0.0304. The highest BCUT2D eigenvalue weighted by molar-refractivity contribution is 5.22. The predicted octanol–water partition coefficient (Wildman–Crippen LogP) is 1.51. The van der Waals surface area contributed by atoms with Crippen LogP contribution in [0.25, 0.3) is 0 Å². The Hall–Kier alpha value is -1.67. The van der Waals surface area contributed by atoms with E-state index in [1.165, 1.54) is 11.1 Å². The van der Waals surface area contributed by atoms with Gasteiger partial charge < -0.3 is 5.11 Å². The van der Waals surface area contributed by atoms with Crippen molar-refractivity contribution in [2.75, 3.05) is 0 Å². The van der Waals surface area contributed by atoms with E-state index in [4.69, 9.17) is 5.11 Å². The van der Waals surface area contributed by atoms with Crippen LogP contribution in [0.2, 0.25) is 0 Å². The Labute approximate surface area is 89.4 Å². The molecular weight excluding hydrogens is 186 g/mol. The first-order valence-electron chi connectivity index (χ1n) is 5.01. The number of benzene rings is 1. The zero-order valence-electron chi connectivity index (χ0n) is 8.50. The maximum atomic E-state index is 8.99. The largest absolute Gasteiger partial charge is 0.339 e. The molecule has 1 N–H and O–H groups in total. The van der Waals surface area contributed by atoms with Crippen molar-refractivity contribution in [3.63, 3.8) is 0 Å². The zero-order chi connectivity index (χ0) is 10.5. The van der Waals surface area contributed by atoms with E-state index in [-0.39, 0.29) is 6.73 Å². The Balaban J connectivity index is 2.17. The van der Waals surface area contributed by atoms with Crippen LogP contribution in [-0.2, 0) is 13.2 Å². The zero-order valence-corrected chi connectivity index (χ0v) is 8.50. The number of rotatable bonds is 3. The number of nitrogens with zero attached hydrogens (tertiary/aromatic N) is 1. The van der Waals surface area contributed by atoms with E-state index in [1.54, 1.807) is 4.57 Å². The van der Waals surface area contributed by atoms with Crippen LogP contribution in [0.3, 0.4) is 0 Å². The van der Waals surface area contributed by atoms with Crippen LogP contribution < -0.4 is 4.57 Å². The second-order valence-electron chi connectivity index (χ2n) is 3.53. The Morgan fingerprint density at radius 2 is 1.67 bits per heavy atom. The van der Waals surface area contributed by atoms with Crippen molar-refractivity contribution in [2.24, 2.45) is 0 Å². The summed E-state index contributed by atoms with van der Waals surface area (Å²) in [6, 6.07) is 14.3. The van der Waals surface area contributed by atoms with E-state index in [1.807, 2.05) is 36.7 Å². The van der Waals surface area contributed by atoms with Gasteiger partial charge in [0.2, 0.25) is 6.73 Å². The van der Waals surface area contributed by atoms with Gasteiger partial charge in [-0.3, -0.25) is 0 Å². The lowest BCUT2D eigenvalue weighted by Crippen LogP contribution is -2.32. The maximum Gasteiger partial charge on any atom is 0.250 e. The average Bonchev–Trinajstić information content (AvgIpc) is 2.31. The van der Waals surface area contributed by atoms with Crippen LogP contribution >= 0.6 is 0 Å². The summed E-state index contributed by atoms with van der Waals surface area (Å²) in [7, 11) is 0. The first-order chi connectivity index (χ1) is 7.38. The van der Waals surface area contributed by atoms with E-state index in [2.05, 4.69) is 18.2 Å². The van der Waals surface area contributed by atoms with Gasteiger partial charge in [-0.2, -0.15) is 4.57 Å². The summed E-state index contributed by atoms with van der Waals surface area (Å²) in [6.07, 6.45) is 4.73. The molecule has 0 aliphatic heterocycles. The lowest BCUT2D eigenvalue weighted by molar-refractivity contribution is -0.730. The van der Waals surface area contributed by atoms with Gasteiger partial charge in [0, 0.05) is 18.1 Å². The molecule has 1 aromatic heterocycles. The fourth-order valence-electron chi connectivity index (χ4n) is 1.60. The minimum Gasteiger partial charge on any atom is -0.339 e. The van der Waals surface area contributed by atoms with Gasteiger partial charge in [0.15, 0.2) is 12.4 Å². The fraction of sp³-hybridized carbons (Fsp3) is 0.154. The van der Waals surface area contributed by atoms with E-state index < -0.39 is 0 Å². The maximum absolute atomic E-state index is 8.99. The van der Waals surface area contributed by atoms with Gasteiger partial charge in [0.1, 0.15) is 0 Å². The Morgan fingerprint density at radius 3 is 2.40 bits per heavy atom. The number of aromatic nitrogens is 1. The summed E-state index contributed by atoms with van der Waals surface area (Å²) in [5, 5.41) is 8.99. The molecule has 76 valence electrons. The molecule has 2 nitrogen and oxygen atoms in total. The first kappa shape index (κ1) is 9.87. The predicted molar refractivity (Wildman–Crippen MR) is 58.1 cm³/mol. The van der Waals surface area contributed by atoms with Crippen LogP contribution in [0.1, 0.15) is 11.1 Å². The molecule has 0 saturated heterocycles. The molecule has 0 amide bonds. The summed E-state index contributed by atoms with van der Waals surface area (Å²) >= 11 is 0. The van der Waals surface area contributed by atoms with Crippen LogP contribution in [0.5, 0.6) is 0 Å². The van der Waals surface area contributed by atoms with Crippen molar-refractivity contribution in [2.45, 2.75) is 13.2 Å². The van der Waals surface area contributed by atoms with E-state index in [0.717, 1.165) is 6.42 Å². The van der Waals surface area contributed by atoms with Gasteiger partial charge in [-0.25, -0.2) is 0 Å². The molecule has 0 saturated carbocycles. The quantitative estimate of drug-likeness (QED) is 0.746.